The number of carbonyl (C=O) groups is 1. The average molecular weight is 232 g/mol. The van der Waals surface area contributed by atoms with E-state index in [0.29, 0.717) is 6.61 Å². The van der Waals surface area contributed by atoms with Crippen LogP contribution in [0.15, 0.2) is 24.3 Å². The van der Waals surface area contributed by atoms with Crippen LogP contribution in [0.25, 0.3) is 0 Å². The molecule has 0 saturated heterocycles. The van der Waals surface area contributed by atoms with Crippen molar-refractivity contribution in [2.75, 3.05) is 13.7 Å². The molecule has 90 valence electrons. The Labute approximate surface area is 101 Å². The van der Waals surface area contributed by atoms with Crippen LogP contribution in [0.4, 0.5) is 0 Å². The van der Waals surface area contributed by atoms with Crippen molar-refractivity contribution >= 4 is 5.91 Å². The third kappa shape index (κ3) is 3.22. The Bertz CT molecular complexity index is 420. The zero-order valence-electron chi connectivity index (χ0n) is 10.3. The van der Waals surface area contributed by atoms with Crippen LogP contribution in [-0.4, -0.2) is 24.5 Å². The number of ether oxygens (including phenoxy) is 1. The molecule has 1 aromatic rings. The van der Waals surface area contributed by atoms with Gasteiger partial charge in [-0.1, -0.05) is 12.1 Å². The maximum atomic E-state index is 11.2. The number of rotatable bonds is 4. The predicted octanol–water partition coefficient (Wildman–Crippen LogP) is 2.13. The predicted molar refractivity (Wildman–Crippen MR) is 64.4 cm³/mol. The Morgan fingerprint density at radius 1 is 1.47 bits per heavy atom. The highest BCUT2D eigenvalue weighted by atomic mass is 16.5. The molecule has 0 saturated carbocycles. The van der Waals surface area contributed by atoms with Gasteiger partial charge in [0.2, 0.25) is 5.91 Å². The van der Waals surface area contributed by atoms with Gasteiger partial charge in [0.05, 0.1) is 12.7 Å². The molecule has 0 aliphatic heterocycles. The summed E-state index contributed by atoms with van der Waals surface area (Å²) in [7, 11) is 1.62. The standard InChI is InChI=1S/C13H16N2O2/c1-4-17-12-7-5-11(6-8-12)13(9-14)15(3)10(2)16/h5-8,13H,4H2,1-3H3. The first-order valence-electron chi connectivity index (χ1n) is 5.46. The van der Waals surface area contributed by atoms with Crippen LogP contribution in [-0.2, 0) is 4.79 Å². The first-order valence-corrected chi connectivity index (χ1v) is 5.46. The molecule has 1 unspecified atom stereocenters. The summed E-state index contributed by atoms with van der Waals surface area (Å²) in [5, 5.41) is 9.10. The van der Waals surface area contributed by atoms with Crippen molar-refractivity contribution in [2.24, 2.45) is 0 Å². The molecule has 0 fully saturated rings. The molecule has 1 aromatic carbocycles. The number of amides is 1. The summed E-state index contributed by atoms with van der Waals surface area (Å²) < 4.78 is 5.32. The van der Waals surface area contributed by atoms with E-state index in [-0.39, 0.29) is 5.91 Å². The Kier molecular flexibility index (Phi) is 4.53. The van der Waals surface area contributed by atoms with Crippen LogP contribution in [0.1, 0.15) is 25.5 Å². The Morgan fingerprint density at radius 3 is 2.47 bits per heavy atom. The van der Waals surface area contributed by atoms with Crippen LogP contribution in [0, 0.1) is 11.3 Å². The minimum Gasteiger partial charge on any atom is -0.494 e. The van der Waals surface area contributed by atoms with Gasteiger partial charge in [-0.2, -0.15) is 5.26 Å². The van der Waals surface area contributed by atoms with Crippen LogP contribution in [0.5, 0.6) is 5.75 Å². The van der Waals surface area contributed by atoms with Crippen LogP contribution >= 0.6 is 0 Å². The number of nitriles is 1. The van der Waals surface area contributed by atoms with Crippen molar-refractivity contribution in [1.82, 2.24) is 4.90 Å². The van der Waals surface area contributed by atoms with Crippen molar-refractivity contribution < 1.29 is 9.53 Å². The highest BCUT2D eigenvalue weighted by Gasteiger charge is 2.18. The second-order valence-corrected chi connectivity index (χ2v) is 3.66. The van der Waals surface area contributed by atoms with Crippen LogP contribution < -0.4 is 4.74 Å². The topological polar surface area (TPSA) is 53.3 Å². The summed E-state index contributed by atoms with van der Waals surface area (Å²) >= 11 is 0. The molecule has 0 aliphatic rings. The molecule has 0 aliphatic carbocycles. The lowest BCUT2D eigenvalue weighted by molar-refractivity contribution is -0.128. The highest BCUT2D eigenvalue weighted by Crippen LogP contribution is 2.21. The molecule has 0 bridgehead atoms. The van der Waals surface area contributed by atoms with Crippen LogP contribution in [0.3, 0.4) is 0 Å². The lowest BCUT2D eigenvalue weighted by atomic mass is 10.1. The van der Waals surface area contributed by atoms with Crippen molar-refractivity contribution in [3.05, 3.63) is 29.8 Å². The van der Waals surface area contributed by atoms with Gasteiger partial charge < -0.3 is 9.64 Å². The van der Waals surface area contributed by atoms with E-state index in [4.69, 9.17) is 10.00 Å². The Morgan fingerprint density at radius 2 is 2.06 bits per heavy atom. The normalized spacial score (nSPS) is 11.4. The number of benzene rings is 1. The summed E-state index contributed by atoms with van der Waals surface area (Å²) in [6, 6.07) is 8.78. The van der Waals surface area contributed by atoms with Crippen LogP contribution in [0.2, 0.25) is 0 Å². The minimum atomic E-state index is -0.553. The molecule has 0 N–H and O–H groups in total. The molecule has 0 radical (unpaired) electrons. The highest BCUT2D eigenvalue weighted by molar-refractivity contribution is 5.73. The molecule has 0 spiro atoms. The van der Waals surface area contributed by atoms with Gasteiger partial charge in [-0.25, -0.2) is 0 Å². The van der Waals surface area contributed by atoms with Crippen molar-refractivity contribution in [3.63, 3.8) is 0 Å². The van der Waals surface area contributed by atoms with Gasteiger partial charge in [0.1, 0.15) is 11.8 Å². The third-order valence-corrected chi connectivity index (χ3v) is 2.51. The van der Waals surface area contributed by atoms with Crippen molar-refractivity contribution in [1.29, 1.82) is 5.26 Å². The first kappa shape index (κ1) is 13.0. The number of nitrogens with zero attached hydrogens (tertiary/aromatic N) is 2. The zero-order valence-corrected chi connectivity index (χ0v) is 10.3. The fraction of sp³-hybridized carbons (Fsp3) is 0.385. The second-order valence-electron chi connectivity index (χ2n) is 3.66. The molecule has 4 heteroatoms. The third-order valence-electron chi connectivity index (χ3n) is 2.51. The Hall–Kier alpha value is -2.02. The molecule has 4 nitrogen and oxygen atoms in total. The van der Waals surface area contributed by atoms with E-state index in [1.165, 1.54) is 11.8 Å². The van der Waals surface area contributed by atoms with E-state index in [9.17, 15) is 4.79 Å². The zero-order chi connectivity index (χ0) is 12.8. The molecule has 0 heterocycles. The fourth-order valence-corrected chi connectivity index (χ4v) is 1.48. The van der Waals surface area contributed by atoms with Gasteiger partial charge in [0.25, 0.3) is 0 Å². The van der Waals surface area contributed by atoms with Crippen molar-refractivity contribution in [3.8, 4) is 11.8 Å². The minimum absolute atomic E-state index is 0.134. The summed E-state index contributed by atoms with van der Waals surface area (Å²) in [5.41, 5.74) is 0.786. The lowest BCUT2D eigenvalue weighted by Crippen LogP contribution is -2.28. The summed E-state index contributed by atoms with van der Waals surface area (Å²) in [6.07, 6.45) is 0. The fourth-order valence-electron chi connectivity index (χ4n) is 1.48. The summed E-state index contributed by atoms with van der Waals surface area (Å²) in [6.45, 7) is 3.96. The first-order chi connectivity index (χ1) is 8.10. The quantitative estimate of drug-likeness (QED) is 0.799. The Balaban J connectivity index is 2.90. The molecule has 1 atom stereocenters. The molecular formula is C13H16N2O2. The van der Waals surface area contributed by atoms with E-state index in [1.807, 2.05) is 6.92 Å². The summed E-state index contributed by atoms with van der Waals surface area (Å²) in [4.78, 5) is 12.6. The molecule has 1 rings (SSSR count). The smallest absolute Gasteiger partial charge is 0.220 e. The maximum absolute atomic E-state index is 11.2. The molecule has 17 heavy (non-hydrogen) atoms. The van der Waals surface area contributed by atoms with E-state index < -0.39 is 6.04 Å². The SMILES string of the molecule is CCOc1ccc(C(C#N)N(C)C(C)=O)cc1. The van der Waals surface area contributed by atoms with Gasteiger partial charge in [-0.05, 0) is 24.6 Å². The average Bonchev–Trinajstić information content (AvgIpc) is 2.32. The van der Waals surface area contributed by atoms with E-state index in [1.54, 1.807) is 31.3 Å². The van der Waals surface area contributed by atoms with E-state index in [0.717, 1.165) is 11.3 Å². The molecule has 1 amide bonds. The molecule has 0 aromatic heterocycles. The van der Waals surface area contributed by atoms with Gasteiger partial charge >= 0.3 is 0 Å². The maximum Gasteiger partial charge on any atom is 0.220 e. The monoisotopic (exact) mass is 232 g/mol. The van der Waals surface area contributed by atoms with Gasteiger partial charge in [-0.15, -0.1) is 0 Å². The summed E-state index contributed by atoms with van der Waals surface area (Å²) in [5.74, 6) is 0.629. The van der Waals surface area contributed by atoms with E-state index >= 15 is 0 Å². The number of carbonyl (C=O) groups excluding carboxylic acids is 1. The van der Waals surface area contributed by atoms with Crippen molar-refractivity contribution in [2.45, 2.75) is 19.9 Å². The number of hydrogen-bond acceptors (Lipinski definition) is 3. The van der Waals surface area contributed by atoms with E-state index in [2.05, 4.69) is 6.07 Å². The second kappa shape index (κ2) is 5.90. The van der Waals surface area contributed by atoms with Gasteiger partial charge in [0, 0.05) is 14.0 Å². The number of hydrogen-bond donors (Lipinski definition) is 0. The molecular weight excluding hydrogens is 216 g/mol. The van der Waals surface area contributed by atoms with Gasteiger partial charge in [0.15, 0.2) is 0 Å². The van der Waals surface area contributed by atoms with Gasteiger partial charge in [-0.3, -0.25) is 4.79 Å². The lowest BCUT2D eigenvalue weighted by Gasteiger charge is -2.21. The largest absolute Gasteiger partial charge is 0.494 e.